The van der Waals surface area contributed by atoms with Crippen LogP contribution in [0.1, 0.15) is 52.1 Å². The second kappa shape index (κ2) is 10.3. The number of ether oxygens (including phenoxy) is 3. The van der Waals surface area contributed by atoms with Gasteiger partial charge in [0.2, 0.25) is 0 Å². The van der Waals surface area contributed by atoms with Gasteiger partial charge in [-0.1, -0.05) is 25.4 Å². The highest BCUT2D eigenvalue weighted by molar-refractivity contribution is 6.32. The molecule has 1 unspecified atom stereocenters. The summed E-state index contributed by atoms with van der Waals surface area (Å²) in [6, 6.07) is 1.82. The molecule has 1 aliphatic heterocycles. The van der Waals surface area contributed by atoms with Gasteiger partial charge in [-0.25, -0.2) is 9.59 Å². The number of urea groups is 1. The predicted octanol–water partition coefficient (Wildman–Crippen LogP) is 3.88. The van der Waals surface area contributed by atoms with Crippen LogP contribution in [0.3, 0.4) is 0 Å². The number of nitrogens with one attached hydrogen (secondary N) is 2. The highest BCUT2D eigenvalue weighted by atomic mass is 35.5. The van der Waals surface area contributed by atoms with Crippen LogP contribution in [-0.4, -0.2) is 31.7 Å². The molecule has 2 N–H and O–H groups in total. The first-order valence-corrected chi connectivity index (χ1v) is 10.1. The lowest BCUT2D eigenvalue weighted by Gasteiger charge is -2.28. The van der Waals surface area contributed by atoms with Crippen LogP contribution in [0.15, 0.2) is 23.4 Å². The number of methoxy groups -OCH3 is 1. The summed E-state index contributed by atoms with van der Waals surface area (Å²) in [5, 5.41) is 5.38. The van der Waals surface area contributed by atoms with Crippen molar-refractivity contribution in [2.24, 2.45) is 5.92 Å². The zero-order valence-corrected chi connectivity index (χ0v) is 18.5. The zero-order chi connectivity index (χ0) is 22.4. The van der Waals surface area contributed by atoms with Crippen LogP contribution >= 0.6 is 11.6 Å². The largest absolute Gasteiger partial charge is 0.493 e. The van der Waals surface area contributed by atoms with E-state index in [1.807, 2.05) is 13.8 Å². The van der Waals surface area contributed by atoms with E-state index >= 15 is 0 Å². The normalized spacial score (nSPS) is 16.1. The van der Waals surface area contributed by atoms with Gasteiger partial charge in [0.15, 0.2) is 11.5 Å². The number of carbonyl (C=O) groups excluding carboxylic acids is 3. The zero-order valence-electron chi connectivity index (χ0n) is 17.8. The summed E-state index contributed by atoms with van der Waals surface area (Å²) in [5.41, 5.74) is 1.11. The lowest BCUT2D eigenvalue weighted by molar-refractivity contribution is -0.139. The number of amides is 2. The van der Waals surface area contributed by atoms with E-state index in [1.54, 1.807) is 19.9 Å². The van der Waals surface area contributed by atoms with Crippen molar-refractivity contribution >= 4 is 29.6 Å². The lowest BCUT2D eigenvalue weighted by Crippen LogP contribution is -2.45. The molecule has 1 atom stereocenters. The summed E-state index contributed by atoms with van der Waals surface area (Å²) in [6.07, 6.45) is 0.934. The molecule has 0 spiro atoms. The highest BCUT2D eigenvalue weighted by Gasteiger charge is 2.33. The first-order chi connectivity index (χ1) is 14.2. The smallest absolute Gasteiger partial charge is 0.338 e. The van der Waals surface area contributed by atoms with Gasteiger partial charge in [0.05, 0.1) is 30.4 Å². The van der Waals surface area contributed by atoms with E-state index in [-0.39, 0.29) is 35.1 Å². The molecule has 1 heterocycles. The molecule has 0 radical (unpaired) electrons. The van der Waals surface area contributed by atoms with Gasteiger partial charge in [0.25, 0.3) is 0 Å². The minimum Gasteiger partial charge on any atom is -0.493 e. The molecule has 0 bridgehead atoms. The van der Waals surface area contributed by atoms with E-state index in [0.717, 1.165) is 0 Å². The van der Waals surface area contributed by atoms with E-state index in [2.05, 4.69) is 10.6 Å². The molecule has 30 heavy (non-hydrogen) atoms. The van der Waals surface area contributed by atoms with Gasteiger partial charge in [-0.15, -0.1) is 0 Å². The Morgan fingerprint density at radius 3 is 2.57 bits per heavy atom. The monoisotopic (exact) mass is 438 g/mol. The van der Waals surface area contributed by atoms with Crippen LogP contribution in [0.25, 0.3) is 0 Å². The predicted molar refractivity (Wildman–Crippen MR) is 111 cm³/mol. The third kappa shape index (κ3) is 5.66. The number of hydrogen-bond acceptors (Lipinski definition) is 6. The molecule has 2 amide bonds. The quantitative estimate of drug-likeness (QED) is 0.471. The molecule has 9 heteroatoms. The molecule has 0 saturated heterocycles. The molecule has 164 valence electrons. The molecular weight excluding hydrogens is 412 g/mol. The summed E-state index contributed by atoms with van der Waals surface area (Å²) < 4.78 is 15.9. The van der Waals surface area contributed by atoms with Crippen LogP contribution < -0.4 is 20.1 Å². The summed E-state index contributed by atoms with van der Waals surface area (Å²) in [5.74, 6) is -0.321. The molecule has 0 aliphatic carbocycles. The number of esters is 2. The van der Waals surface area contributed by atoms with Gasteiger partial charge in [-0.3, -0.25) is 4.79 Å². The topological polar surface area (TPSA) is 103 Å². The summed E-state index contributed by atoms with van der Waals surface area (Å²) >= 11 is 6.38. The van der Waals surface area contributed by atoms with Crippen molar-refractivity contribution < 1.29 is 28.6 Å². The number of halogens is 1. The molecule has 0 fully saturated rings. The minimum absolute atomic E-state index is 0.0929. The van der Waals surface area contributed by atoms with E-state index in [4.69, 9.17) is 25.8 Å². The fourth-order valence-corrected chi connectivity index (χ4v) is 3.26. The van der Waals surface area contributed by atoms with Crippen molar-refractivity contribution in [3.05, 3.63) is 34.0 Å². The van der Waals surface area contributed by atoms with Gasteiger partial charge in [0.1, 0.15) is 0 Å². The molecule has 8 nitrogen and oxygen atoms in total. The third-order valence-electron chi connectivity index (χ3n) is 4.49. The van der Waals surface area contributed by atoms with Crippen molar-refractivity contribution in [2.45, 2.75) is 46.6 Å². The van der Waals surface area contributed by atoms with Crippen LogP contribution in [0, 0.1) is 5.92 Å². The number of carbonyl (C=O) groups is 3. The van der Waals surface area contributed by atoms with Gasteiger partial charge < -0.3 is 24.8 Å². The molecule has 1 aromatic rings. The maximum atomic E-state index is 12.5. The van der Waals surface area contributed by atoms with Crippen LogP contribution in [0.5, 0.6) is 11.5 Å². The van der Waals surface area contributed by atoms with Crippen molar-refractivity contribution in [3.63, 3.8) is 0 Å². The Hall–Kier alpha value is -2.74. The number of benzene rings is 1. The SMILES string of the molecule is CCOC(=O)C1=C(C)NC(=O)NC1c1cc(Cl)c(OC(=O)CCC(C)C)c(OC)c1. The summed E-state index contributed by atoms with van der Waals surface area (Å²) in [6.45, 7) is 7.52. The Morgan fingerprint density at radius 1 is 1.27 bits per heavy atom. The summed E-state index contributed by atoms with van der Waals surface area (Å²) in [4.78, 5) is 36.6. The fraction of sp³-hybridized carbons (Fsp3) is 0.476. The Bertz CT molecular complexity index is 865. The van der Waals surface area contributed by atoms with E-state index in [1.165, 1.54) is 13.2 Å². The average Bonchev–Trinajstić information content (AvgIpc) is 2.67. The lowest BCUT2D eigenvalue weighted by atomic mass is 9.95. The summed E-state index contributed by atoms with van der Waals surface area (Å²) in [7, 11) is 1.41. The van der Waals surface area contributed by atoms with Crippen LogP contribution in [0.4, 0.5) is 4.79 Å². The standard InChI is InChI=1S/C21H27ClN2O6/c1-6-29-20(26)17-12(4)23-21(27)24-18(17)13-9-14(22)19(15(10-13)28-5)30-16(25)8-7-11(2)3/h9-11,18H,6-8H2,1-5H3,(H2,23,24,27). The highest BCUT2D eigenvalue weighted by Crippen LogP contribution is 2.40. The average molecular weight is 439 g/mol. The Morgan fingerprint density at radius 2 is 1.97 bits per heavy atom. The molecule has 1 aromatic carbocycles. The van der Waals surface area contributed by atoms with Crippen LogP contribution in [0.2, 0.25) is 5.02 Å². The Labute approximate surface area is 180 Å². The second-order valence-electron chi connectivity index (χ2n) is 7.23. The third-order valence-corrected chi connectivity index (χ3v) is 4.77. The maximum Gasteiger partial charge on any atom is 0.338 e. The van der Waals surface area contributed by atoms with E-state index in [9.17, 15) is 14.4 Å². The van der Waals surface area contributed by atoms with Crippen molar-refractivity contribution in [1.82, 2.24) is 10.6 Å². The van der Waals surface area contributed by atoms with Gasteiger partial charge in [0, 0.05) is 12.1 Å². The fourth-order valence-electron chi connectivity index (χ4n) is 3.00. The Balaban J connectivity index is 2.40. The van der Waals surface area contributed by atoms with E-state index < -0.39 is 24.0 Å². The number of rotatable bonds is 8. The maximum absolute atomic E-state index is 12.5. The molecule has 0 saturated carbocycles. The first kappa shape index (κ1) is 23.5. The molecule has 0 aromatic heterocycles. The van der Waals surface area contributed by atoms with Crippen molar-refractivity contribution in [2.75, 3.05) is 13.7 Å². The molecule has 2 rings (SSSR count). The number of hydrogen-bond donors (Lipinski definition) is 2. The number of allylic oxidation sites excluding steroid dienone is 1. The second-order valence-corrected chi connectivity index (χ2v) is 7.64. The van der Waals surface area contributed by atoms with Crippen molar-refractivity contribution in [1.29, 1.82) is 0 Å². The molecular formula is C21H27ClN2O6. The Kier molecular flexibility index (Phi) is 8.11. The van der Waals surface area contributed by atoms with Gasteiger partial charge in [-0.2, -0.15) is 0 Å². The molecule has 1 aliphatic rings. The minimum atomic E-state index is -0.810. The van der Waals surface area contributed by atoms with E-state index in [0.29, 0.717) is 23.6 Å². The van der Waals surface area contributed by atoms with Gasteiger partial charge in [-0.05, 0) is 43.9 Å². The van der Waals surface area contributed by atoms with Crippen molar-refractivity contribution in [3.8, 4) is 11.5 Å². The first-order valence-electron chi connectivity index (χ1n) is 9.71. The van der Waals surface area contributed by atoms with Gasteiger partial charge >= 0.3 is 18.0 Å². The van der Waals surface area contributed by atoms with Crippen LogP contribution in [-0.2, 0) is 14.3 Å².